The molecule has 126 valence electrons. The van der Waals surface area contributed by atoms with Crippen molar-refractivity contribution in [1.82, 2.24) is 10.2 Å². The van der Waals surface area contributed by atoms with Gasteiger partial charge in [-0.3, -0.25) is 19.7 Å². The third kappa shape index (κ3) is 2.59. The van der Waals surface area contributed by atoms with Crippen molar-refractivity contribution in [2.75, 3.05) is 0 Å². The average molecular weight is 338 g/mol. The first-order valence-corrected chi connectivity index (χ1v) is 8.07. The second kappa shape index (κ2) is 5.81. The van der Waals surface area contributed by atoms with Crippen LogP contribution in [0.1, 0.15) is 28.8 Å². The highest BCUT2D eigenvalue weighted by molar-refractivity contribution is 6.05. The number of nitrogens with zero attached hydrogens (tertiary/aromatic N) is 1. The van der Waals surface area contributed by atoms with E-state index in [1.165, 1.54) is 11.0 Å². The lowest BCUT2D eigenvalue weighted by atomic mass is 10.00. The Morgan fingerprint density at radius 3 is 2.52 bits per heavy atom. The minimum absolute atomic E-state index is 0.195. The van der Waals surface area contributed by atoms with Gasteiger partial charge in [0.1, 0.15) is 11.9 Å². The number of benzene rings is 2. The summed E-state index contributed by atoms with van der Waals surface area (Å²) in [5, 5.41) is 2.26. The number of rotatable bonds is 2. The molecule has 3 amide bonds. The molecule has 0 spiro atoms. The predicted molar refractivity (Wildman–Crippen MR) is 87.9 cm³/mol. The Hall–Kier alpha value is -3.02. The Labute approximate surface area is 143 Å². The summed E-state index contributed by atoms with van der Waals surface area (Å²) in [5.41, 5.74) is 2.13. The molecule has 2 aliphatic heterocycles. The largest absolute Gasteiger partial charge is 0.322 e. The van der Waals surface area contributed by atoms with Gasteiger partial charge in [0.2, 0.25) is 11.8 Å². The predicted octanol–water partition coefficient (Wildman–Crippen LogP) is 2.25. The van der Waals surface area contributed by atoms with Crippen molar-refractivity contribution < 1.29 is 18.8 Å². The van der Waals surface area contributed by atoms with Crippen LogP contribution in [0.25, 0.3) is 11.1 Å². The molecular weight excluding hydrogens is 323 g/mol. The van der Waals surface area contributed by atoms with Gasteiger partial charge >= 0.3 is 0 Å². The fourth-order valence-corrected chi connectivity index (χ4v) is 3.43. The van der Waals surface area contributed by atoms with E-state index in [9.17, 15) is 18.8 Å². The second-order valence-electron chi connectivity index (χ2n) is 6.26. The van der Waals surface area contributed by atoms with Crippen LogP contribution >= 0.6 is 0 Å². The van der Waals surface area contributed by atoms with E-state index >= 15 is 0 Å². The molecule has 2 heterocycles. The van der Waals surface area contributed by atoms with Gasteiger partial charge in [-0.05, 0) is 29.7 Å². The van der Waals surface area contributed by atoms with Crippen LogP contribution in [0.4, 0.5) is 4.39 Å². The summed E-state index contributed by atoms with van der Waals surface area (Å²) in [5.74, 6) is -1.64. The van der Waals surface area contributed by atoms with Crippen LogP contribution in [0.5, 0.6) is 0 Å². The van der Waals surface area contributed by atoms with Crippen LogP contribution in [0, 0.1) is 5.82 Å². The third-order valence-electron chi connectivity index (χ3n) is 4.70. The van der Waals surface area contributed by atoms with Crippen molar-refractivity contribution >= 4 is 17.7 Å². The molecule has 0 saturated carbocycles. The molecule has 5 nitrogen and oxygen atoms in total. The zero-order valence-electron chi connectivity index (χ0n) is 13.3. The summed E-state index contributed by atoms with van der Waals surface area (Å²) in [4.78, 5) is 37.4. The van der Waals surface area contributed by atoms with Crippen LogP contribution in [-0.4, -0.2) is 28.7 Å². The molecule has 0 bridgehead atoms. The number of hydrogen-bond acceptors (Lipinski definition) is 3. The zero-order valence-corrected chi connectivity index (χ0v) is 13.3. The summed E-state index contributed by atoms with van der Waals surface area (Å²) in [7, 11) is 0. The Bertz CT molecular complexity index is 895. The molecule has 6 heteroatoms. The standard InChI is InChI=1S/C19H15FN2O3/c20-15-9-14-12(8-13(15)11-4-2-1-3-5-11)10-22(19(14)25)16-6-7-17(23)21-18(16)24/h1-5,8-9,16H,6-7,10H2,(H,21,23,24). The number of nitrogens with one attached hydrogen (secondary N) is 1. The van der Waals surface area contributed by atoms with Crippen molar-refractivity contribution in [2.45, 2.75) is 25.4 Å². The van der Waals surface area contributed by atoms with Crippen molar-refractivity contribution in [2.24, 2.45) is 0 Å². The fourth-order valence-electron chi connectivity index (χ4n) is 3.43. The van der Waals surface area contributed by atoms with Gasteiger partial charge in [-0.1, -0.05) is 30.3 Å². The fraction of sp³-hybridized carbons (Fsp3) is 0.211. The van der Waals surface area contributed by atoms with Gasteiger partial charge in [0.15, 0.2) is 0 Å². The zero-order chi connectivity index (χ0) is 17.6. The molecule has 0 aromatic heterocycles. The Morgan fingerprint density at radius 1 is 1.04 bits per heavy atom. The number of hydrogen-bond donors (Lipinski definition) is 1. The van der Waals surface area contributed by atoms with Crippen molar-refractivity contribution in [3.63, 3.8) is 0 Å². The lowest BCUT2D eigenvalue weighted by Gasteiger charge is -2.29. The normalized spacial score (nSPS) is 19.8. The smallest absolute Gasteiger partial charge is 0.255 e. The van der Waals surface area contributed by atoms with Gasteiger partial charge in [-0.15, -0.1) is 0 Å². The lowest BCUT2D eigenvalue weighted by molar-refractivity contribution is -0.136. The van der Waals surface area contributed by atoms with Crippen LogP contribution in [0.2, 0.25) is 0 Å². The highest BCUT2D eigenvalue weighted by atomic mass is 19.1. The maximum absolute atomic E-state index is 14.5. The van der Waals surface area contributed by atoms with Gasteiger partial charge in [0.05, 0.1) is 0 Å². The van der Waals surface area contributed by atoms with Crippen LogP contribution in [-0.2, 0) is 16.1 Å². The maximum Gasteiger partial charge on any atom is 0.255 e. The molecule has 2 aliphatic rings. The molecule has 1 unspecified atom stereocenters. The molecule has 1 N–H and O–H groups in total. The van der Waals surface area contributed by atoms with Gasteiger partial charge in [0, 0.05) is 24.1 Å². The van der Waals surface area contributed by atoms with E-state index < -0.39 is 17.8 Å². The molecule has 2 aromatic carbocycles. The van der Waals surface area contributed by atoms with Gasteiger partial charge < -0.3 is 4.90 Å². The molecule has 25 heavy (non-hydrogen) atoms. The van der Waals surface area contributed by atoms with E-state index in [1.54, 1.807) is 18.2 Å². The molecule has 1 atom stereocenters. The maximum atomic E-state index is 14.5. The number of fused-ring (bicyclic) bond motifs is 1. The van der Waals surface area contributed by atoms with E-state index in [1.807, 2.05) is 18.2 Å². The van der Waals surface area contributed by atoms with E-state index in [4.69, 9.17) is 0 Å². The average Bonchev–Trinajstić information content (AvgIpc) is 2.91. The number of carbonyl (C=O) groups excluding carboxylic acids is 3. The number of halogens is 1. The number of imide groups is 1. The number of piperidine rings is 1. The van der Waals surface area contributed by atoms with Gasteiger partial charge in [-0.2, -0.15) is 0 Å². The lowest BCUT2D eigenvalue weighted by Crippen LogP contribution is -2.52. The van der Waals surface area contributed by atoms with Gasteiger partial charge in [-0.25, -0.2) is 4.39 Å². The van der Waals surface area contributed by atoms with Crippen molar-refractivity contribution in [1.29, 1.82) is 0 Å². The molecule has 1 saturated heterocycles. The molecule has 1 fully saturated rings. The Balaban J connectivity index is 1.68. The summed E-state index contributed by atoms with van der Waals surface area (Å²) < 4.78 is 14.5. The first kappa shape index (κ1) is 15.5. The molecule has 2 aromatic rings. The van der Waals surface area contributed by atoms with Crippen LogP contribution in [0.3, 0.4) is 0 Å². The van der Waals surface area contributed by atoms with E-state index in [-0.39, 0.29) is 30.3 Å². The minimum atomic E-state index is -0.694. The molecule has 0 radical (unpaired) electrons. The van der Waals surface area contributed by atoms with E-state index in [0.717, 1.165) is 5.56 Å². The monoisotopic (exact) mass is 338 g/mol. The number of amides is 3. The Morgan fingerprint density at radius 2 is 1.80 bits per heavy atom. The highest BCUT2D eigenvalue weighted by Crippen LogP contribution is 2.33. The summed E-state index contributed by atoms with van der Waals surface area (Å²) in [6.45, 7) is 0.237. The first-order chi connectivity index (χ1) is 12.0. The Kier molecular flexibility index (Phi) is 3.60. The summed E-state index contributed by atoms with van der Waals surface area (Å²) in [6, 6.07) is 11.3. The van der Waals surface area contributed by atoms with E-state index in [0.29, 0.717) is 17.5 Å². The molecule has 0 aliphatic carbocycles. The quantitative estimate of drug-likeness (QED) is 0.854. The number of carbonyl (C=O) groups is 3. The SMILES string of the molecule is O=C1CCC(N2Cc3cc(-c4ccccc4)c(F)cc3C2=O)C(=O)N1. The summed E-state index contributed by atoms with van der Waals surface area (Å²) in [6.07, 6.45) is 0.485. The van der Waals surface area contributed by atoms with Crippen LogP contribution in [0.15, 0.2) is 42.5 Å². The van der Waals surface area contributed by atoms with Crippen LogP contribution < -0.4 is 5.32 Å². The third-order valence-corrected chi connectivity index (χ3v) is 4.70. The highest BCUT2D eigenvalue weighted by Gasteiger charge is 2.39. The second-order valence-corrected chi connectivity index (χ2v) is 6.26. The van der Waals surface area contributed by atoms with Gasteiger partial charge in [0.25, 0.3) is 5.91 Å². The summed E-state index contributed by atoms with van der Waals surface area (Å²) >= 11 is 0. The van der Waals surface area contributed by atoms with Crippen molar-refractivity contribution in [3.05, 3.63) is 59.4 Å². The minimum Gasteiger partial charge on any atom is -0.322 e. The molecule has 4 rings (SSSR count). The topological polar surface area (TPSA) is 66.5 Å². The molecular formula is C19H15FN2O3. The first-order valence-electron chi connectivity index (χ1n) is 8.07. The van der Waals surface area contributed by atoms with Crippen molar-refractivity contribution in [3.8, 4) is 11.1 Å². The van der Waals surface area contributed by atoms with E-state index in [2.05, 4.69) is 5.32 Å².